The lowest BCUT2D eigenvalue weighted by Crippen LogP contribution is -2.60. The molecule has 1 aliphatic rings. The Morgan fingerprint density at radius 2 is 0.984 bits per heavy atom. The first-order valence-electron chi connectivity index (χ1n) is 26.4. The summed E-state index contributed by atoms with van der Waals surface area (Å²) in [5.41, 5.74) is 0. The van der Waals surface area contributed by atoms with Crippen molar-refractivity contribution in [2.24, 2.45) is 0 Å². The van der Waals surface area contributed by atoms with E-state index < -0.39 is 49.5 Å². The van der Waals surface area contributed by atoms with Gasteiger partial charge in [-0.2, -0.15) is 0 Å². The molecule has 0 aromatic heterocycles. The molecule has 63 heavy (non-hydrogen) atoms. The lowest BCUT2D eigenvalue weighted by atomic mass is 9.99. The molecule has 9 heteroatoms. The zero-order valence-electron chi connectivity index (χ0n) is 40.6. The van der Waals surface area contributed by atoms with Crippen molar-refractivity contribution in [3.8, 4) is 0 Å². The minimum Gasteiger partial charge on any atom is -0.394 e. The van der Waals surface area contributed by atoms with Gasteiger partial charge < -0.3 is 40.3 Å². The van der Waals surface area contributed by atoms with E-state index in [0.29, 0.717) is 6.42 Å². The van der Waals surface area contributed by atoms with Gasteiger partial charge in [0, 0.05) is 6.42 Å². The van der Waals surface area contributed by atoms with Crippen molar-refractivity contribution in [3.63, 3.8) is 0 Å². The highest BCUT2D eigenvalue weighted by atomic mass is 16.7. The molecule has 1 rings (SSSR count). The van der Waals surface area contributed by atoms with Crippen molar-refractivity contribution in [3.05, 3.63) is 48.6 Å². The van der Waals surface area contributed by atoms with Crippen LogP contribution in [0.1, 0.15) is 232 Å². The molecule has 9 nitrogen and oxygen atoms in total. The lowest BCUT2D eigenvalue weighted by molar-refractivity contribution is -0.302. The molecule has 0 aromatic rings. The number of unbranched alkanes of at least 4 members (excludes halogenated alkanes) is 28. The zero-order valence-corrected chi connectivity index (χ0v) is 40.6. The Hall–Kier alpha value is -1.85. The summed E-state index contributed by atoms with van der Waals surface area (Å²) in [6.45, 7) is 3.65. The van der Waals surface area contributed by atoms with Crippen LogP contribution < -0.4 is 5.32 Å². The third-order valence-electron chi connectivity index (χ3n) is 12.4. The summed E-state index contributed by atoms with van der Waals surface area (Å²) >= 11 is 0. The third kappa shape index (κ3) is 34.2. The molecular formula is C54H99NO8. The number of nitrogens with one attached hydrogen (secondary N) is 1. The SMILES string of the molecule is CC/C=C\C/C=C\C/C=C\CCCCCC(=O)NC(COC1OC(CO)C(O)C(O)C1O)C(O)/C=C/CCCCCCCCCCCCCCCCCCCCCCCCCCC. The molecule has 0 spiro atoms. The molecular weight excluding hydrogens is 791 g/mol. The number of carbonyl (C=O) groups is 1. The van der Waals surface area contributed by atoms with Crippen molar-refractivity contribution >= 4 is 5.91 Å². The summed E-state index contributed by atoms with van der Waals surface area (Å²) in [4.78, 5) is 13.0. The van der Waals surface area contributed by atoms with Crippen LogP contribution in [0.2, 0.25) is 0 Å². The fourth-order valence-electron chi connectivity index (χ4n) is 8.23. The van der Waals surface area contributed by atoms with E-state index in [1.54, 1.807) is 6.08 Å². The lowest BCUT2D eigenvalue weighted by Gasteiger charge is -2.40. The normalized spacial score (nSPS) is 20.5. The molecule has 1 fully saturated rings. The van der Waals surface area contributed by atoms with Crippen LogP contribution in [0.25, 0.3) is 0 Å². The van der Waals surface area contributed by atoms with E-state index in [2.05, 4.69) is 55.6 Å². The maximum atomic E-state index is 13.0. The highest BCUT2D eigenvalue weighted by molar-refractivity contribution is 5.76. The van der Waals surface area contributed by atoms with Crippen molar-refractivity contribution in [2.75, 3.05) is 13.2 Å². The zero-order chi connectivity index (χ0) is 45.9. The fourth-order valence-corrected chi connectivity index (χ4v) is 8.23. The number of allylic oxidation sites excluding steroid dienone is 7. The van der Waals surface area contributed by atoms with E-state index in [4.69, 9.17) is 9.47 Å². The number of rotatable bonds is 44. The maximum absolute atomic E-state index is 13.0. The van der Waals surface area contributed by atoms with Gasteiger partial charge in [-0.25, -0.2) is 0 Å². The van der Waals surface area contributed by atoms with Crippen molar-refractivity contribution in [2.45, 2.75) is 275 Å². The molecule has 0 aliphatic carbocycles. The van der Waals surface area contributed by atoms with Crippen LogP contribution in [0.15, 0.2) is 48.6 Å². The van der Waals surface area contributed by atoms with E-state index in [9.17, 15) is 30.3 Å². The third-order valence-corrected chi connectivity index (χ3v) is 12.4. The van der Waals surface area contributed by atoms with Crippen LogP contribution in [0.5, 0.6) is 0 Å². The topological polar surface area (TPSA) is 149 Å². The van der Waals surface area contributed by atoms with Gasteiger partial charge in [0.15, 0.2) is 6.29 Å². The Morgan fingerprint density at radius 1 is 0.556 bits per heavy atom. The second-order valence-electron chi connectivity index (χ2n) is 18.3. The van der Waals surface area contributed by atoms with Crippen LogP contribution in [0, 0.1) is 0 Å². The van der Waals surface area contributed by atoms with Crippen molar-refractivity contribution < 1.29 is 39.8 Å². The number of hydrogen-bond donors (Lipinski definition) is 6. The van der Waals surface area contributed by atoms with E-state index in [1.165, 1.54) is 148 Å². The predicted octanol–water partition coefficient (Wildman–Crippen LogP) is 12.2. The molecule has 0 aromatic carbocycles. The van der Waals surface area contributed by atoms with Gasteiger partial charge in [-0.1, -0.05) is 223 Å². The number of ether oxygens (including phenoxy) is 2. The predicted molar refractivity (Wildman–Crippen MR) is 263 cm³/mol. The largest absolute Gasteiger partial charge is 0.394 e. The average molecular weight is 890 g/mol. The summed E-state index contributed by atoms with van der Waals surface area (Å²) < 4.78 is 11.2. The quantitative estimate of drug-likeness (QED) is 0.0262. The summed E-state index contributed by atoms with van der Waals surface area (Å²) in [6, 6.07) is -0.821. The Balaban J connectivity index is 2.23. The van der Waals surface area contributed by atoms with Crippen molar-refractivity contribution in [1.82, 2.24) is 5.32 Å². The Bertz CT molecular complexity index is 1130. The van der Waals surface area contributed by atoms with E-state index in [-0.39, 0.29) is 12.5 Å². The van der Waals surface area contributed by atoms with Gasteiger partial charge in [-0.3, -0.25) is 4.79 Å². The van der Waals surface area contributed by atoms with Gasteiger partial charge in [0.05, 0.1) is 25.4 Å². The Labute approximate surface area is 386 Å². The van der Waals surface area contributed by atoms with Crippen LogP contribution in [-0.2, 0) is 14.3 Å². The highest BCUT2D eigenvalue weighted by Crippen LogP contribution is 2.23. The standard InChI is InChI=1S/C54H99NO8/c1-3-5-7-9-11-13-15-17-18-19-20-21-22-23-24-25-26-27-28-29-30-32-33-35-37-39-41-43-48(57)47(46-62-54-53(61)52(60)51(59)49(45-56)63-54)55-50(58)44-42-40-38-36-34-31-16-14-12-10-8-6-4-2/h6,8,12,14,31,34,41,43,47-49,51-54,56-57,59-61H,3-5,7,9-11,13,15-30,32-33,35-40,42,44-46H2,1-2H3,(H,55,58)/b8-6-,14-12-,34-31-,43-41+. The molecule has 6 N–H and O–H groups in total. The fraction of sp³-hybridized carbons (Fsp3) is 0.833. The molecule has 1 heterocycles. The molecule has 0 radical (unpaired) electrons. The summed E-state index contributed by atoms with van der Waals surface area (Å²) in [7, 11) is 0. The first kappa shape index (κ1) is 59.2. The van der Waals surface area contributed by atoms with Crippen LogP contribution in [-0.4, -0.2) is 87.5 Å². The second-order valence-corrected chi connectivity index (χ2v) is 18.3. The molecule has 0 bridgehead atoms. The van der Waals surface area contributed by atoms with Gasteiger partial charge in [-0.15, -0.1) is 0 Å². The molecule has 1 amide bonds. The number of aliphatic hydroxyl groups is 5. The van der Waals surface area contributed by atoms with Gasteiger partial charge in [-0.05, 0) is 51.4 Å². The maximum Gasteiger partial charge on any atom is 0.220 e. The minimum atomic E-state index is -1.57. The average Bonchev–Trinajstić information content (AvgIpc) is 3.28. The first-order chi connectivity index (χ1) is 30.8. The minimum absolute atomic E-state index is 0.201. The number of aliphatic hydroxyl groups excluding tert-OH is 5. The number of amides is 1. The smallest absolute Gasteiger partial charge is 0.220 e. The summed E-state index contributed by atoms with van der Waals surface area (Å²) in [6.07, 6.45) is 50.4. The Morgan fingerprint density at radius 3 is 1.46 bits per heavy atom. The van der Waals surface area contributed by atoms with E-state index in [0.717, 1.165) is 64.2 Å². The monoisotopic (exact) mass is 890 g/mol. The molecule has 0 saturated carbocycles. The summed E-state index contributed by atoms with van der Waals surface area (Å²) in [5, 5.41) is 54.3. The summed E-state index contributed by atoms with van der Waals surface area (Å²) in [5.74, 6) is -0.206. The van der Waals surface area contributed by atoms with Crippen molar-refractivity contribution in [1.29, 1.82) is 0 Å². The van der Waals surface area contributed by atoms with Gasteiger partial charge in [0.25, 0.3) is 0 Å². The molecule has 7 unspecified atom stereocenters. The van der Waals surface area contributed by atoms with Crippen LogP contribution in [0.3, 0.4) is 0 Å². The molecule has 1 saturated heterocycles. The van der Waals surface area contributed by atoms with Crippen LogP contribution in [0.4, 0.5) is 0 Å². The van der Waals surface area contributed by atoms with Gasteiger partial charge >= 0.3 is 0 Å². The highest BCUT2D eigenvalue weighted by Gasteiger charge is 2.44. The van der Waals surface area contributed by atoms with E-state index >= 15 is 0 Å². The Kier molecular flexibility index (Phi) is 41.3. The second kappa shape index (κ2) is 44.0. The first-order valence-corrected chi connectivity index (χ1v) is 26.4. The number of hydrogen-bond acceptors (Lipinski definition) is 8. The number of carbonyl (C=O) groups excluding carboxylic acids is 1. The molecule has 368 valence electrons. The molecule has 1 aliphatic heterocycles. The van der Waals surface area contributed by atoms with Crippen LogP contribution >= 0.6 is 0 Å². The molecule has 7 atom stereocenters. The van der Waals surface area contributed by atoms with E-state index in [1.807, 2.05) is 6.08 Å². The van der Waals surface area contributed by atoms with Gasteiger partial charge in [0.2, 0.25) is 5.91 Å². The van der Waals surface area contributed by atoms with Gasteiger partial charge in [0.1, 0.15) is 24.4 Å².